The maximum Gasteiger partial charge on any atom is 0.331 e. The highest BCUT2D eigenvalue weighted by atomic mass is 32.2. The number of fused-ring (bicyclic) bond motifs is 1. The molecule has 2 aromatic rings. The Labute approximate surface area is 177 Å². The number of carbonyl (C=O) groups is 1. The van der Waals surface area contributed by atoms with Crippen molar-refractivity contribution in [2.24, 2.45) is 0 Å². The summed E-state index contributed by atoms with van der Waals surface area (Å²) in [4.78, 5) is 11.5. The van der Waals surface area contributed by atoms with E-state index in [9.17, 15) is 18.3 Å². The van der Waals surface area contributed by atoms with E-state index in [1.807, 2.05) is 24.3 Å². The third-order valence-corrected chi connectivity index (χ3v) is 6.59. The second-order valence-corrected chi connectivity index (χ2v) is 9.27. The van der Waals surface area contributed by atoms with E-state index in [4.69, 9.17) is 9.47 Å². The van der Waals surface area contributed by atoms with Gasteiger partial charge in [0.25, 0.3) is 0 Å². The number of hydrogen-bond acceptors (Lipinski definition) is 5. The number of rotatable bonds is 9. The smallest absolute Gasteiger partial charge is 0.331 e. The average Bonchev–Trinajstić information content (AvgIpc) is 2.85. The molecule has 160 valence electrons. The Balaban J connectivity index is 1.63. The van der Waals surface area contributed by atoms with Crippen molar-refractivity contribution in [2.45, 2.75) is 37.5 Å². The highest BCUT2D eigenvalue weighted by molar-refractivity contribution is 7.91. The molecule has 1 N–H and O–H groups in total. The minimum Gasteiger partial charge on any atom is -0.494 e. The Morgan fingerprint density at radius 1 is 1.07 bits per heavy atom. The second kappa shape index (κ2) is 9.80. The van der Waals surface area contributed by atoms with Crippen LogP contribution in [0.4, 0.5) is 0 Å². The van der Waals surface area contributed by atoms with Crippen molar-refractivity contribution in [1.29, 1.82) is 0 Å². The van der Waals surface area contributed by atoms with Crippen LogP contribution in [0.25, 0.3) is 6.08 Å². The van der Waals surface area contributed by atoms with Crippen molar-refractivity contribution in [3.8, 4) is 11.5 Å². The fraction of sp³-hybridized carbons (Fsp3) is 0.348. The summed E-state index contributed by atoms with van der Waals surface area (Å²) in [6.45, 7) is 3.22. The zero-order valence-electron chi connectivity index (χ0n) is 17.0. The number of sulfone groups is 1. The van der Waals surface area contributed by atoms with E-state index in [2.05, 4.69) is 6.92 Å². The summed E-state index contributed by atoms with van der Waals surface area (Å²) in [5.74, 6) is 0.0731. The standard InChI is InChI=1S/C23H26O6S/c1-2-11-28-20-7-3-5-17(14-20)6-4-12-29-21-8-9-22-19(16-21)15-18(23(24)25)10-13-30(22,26)27/h3,5,7-9,14-16H,2,4,6,10-13H2,1H3,(H,24,25). The van der Waals surface area contributed by atoms with Crippen LogP contribution in [0.2, 0.25) is 0 Å². The lowest BCUT2D eigenvalue weighted by Gasteiger charge is -2.10. The van der Waals surface area contributed by atoms with Crippen molar-refractivity contribution in [2.75, 3.05) is 19.0 Å². The molecule has 0 atom stereocenters. The van der Waals surface area contributed by atoms with Gasteiger partial charge in [-0.15, -0.1) is 0 Å². The molecular weight excluding hydrogens is 404 g/mol. The maximum atomic E-state index is 12.4. The highest BCUT2D eigenvalue weighted by Crippen LogP contribution is 2.29. The van der Waals surface area contributed by atoms with Crippen LogP contribution in [0.15, 0.2) is 52.9 Å². The molecule has 0 saturated carbocycles. The molecule has 0 radical (unpaired) electrons. The van der Waals surface area contributed by atoms with Gasteiger partial charge in [-0.05, 0) is 73.2 Å². The van der Waals surface area contributed by atoms with Crippen LogP contribution < -0.4 is 9.47 Å². The average molecular weight is 431 g/mol. The Morgan fingerprint density at radius 2 is 1.83 bits per heavy atom. The van der Waals surface area contributed by atoms with Gasteiger partial charge in [0.15, 0.2) is 9.84 Å². The molecule has 0 aromatic heterocycles. The van der Waals surface area contributed by atoms with Crippen LogP contribution in [0, 0.1) is 0 Å². The summed E-state index contributed by atoms with van der Waals surface area (Å²) in [7, 11) is -3.52. The van der Waals surface area contributed by atoms with E-state index >= 15 is 0 Å². The van der Waals surface area contributed by atoms with Gasteiger partial charge < -0.3 is 14.6 Å². The van der Waals surface area contributed by atoms with Crippen molar-refractivity contribution in [3.05, 3.63) is 59.2 Å². The molecule has 1 aliphatic heterocycles. The maximum absolute atomic E-state index is 12.4. The normalized spacial score (nSPS) is 14.9. The first kappa shape index (κ1) is 21.9. The molecule has 0 fully saturated rings. The van der Waals surface area contributed by atoms with Gasteiger partial charge in [-0.25, -0.2) is 13.2 Å². The Morgan fingerprint density at radius 3 is 2.60 bits per heavy atom. The number of carboxylic acids is 1. The third kappa shape index (κ3) is 5.63. The Hall–Kier alpha value is -2.80. The van der Waals surface area contributed by atoms with E-state index in [1.165, 1.54) is 12.1 Å². The number of carboxylic acid groups (broad SMARTS) is 1. The van der Waals surface area contributed by atoms with Crippen LogP contribution in [0.3, 0.4) is 0 Å². The van der Waals surface area contributed by atoms with Crippen molar-refractivity contribution in [3.63, 3.8) is 0 Å². The SMILES string of the molecule is CCCOc1cccc(CCCOc2ccc3c(c2)C=C(C(=O)O)CCS3(=O)=O)c1. The molecule has 30 heavy (non-hydrogen) atoms. The van der Waals surface area contributed by atoms with Gasteiger partial charge in [0.05, 0.1) is 23.9 Å². The summed E-state index contributed by atoms with van der Waals surface area (Å²) in [6, 6.07) is 12.7. The summed E-state index contributed by atoms with van der Waals surface area (Å²) >= 11 is 0. The van der Waals surface area contributed by atoms with Gasteiger partial charge in [0.2, 0.25) is 0 Å². The van der Waals surface area contributed by atoms with Crippen LogP contribution in [-0.4, -0.2) is 38.5 Å². The number of hydrogen-bond donors (Lipinski definition) is 1. The fourth-order valence-electron chi connectivity index (χ4n) is 3.27. The molecular formula is C23H26O6S. The third-order valence-electron chi connectivity index (χ3n) is 4.81. The molecule has 1 aliphatic rings. The quantitative estimate of drug-likeness (QED) is 0.602. The molecule has 3 rings (SSSR count). The van der Waals surface area contributed by atoms with Crippen LogP contribution in [0.5, 0.6) is 11.5 Å². The lowest BCUT2D eigenvalue weighted by molar-refractivity contribution is -0.132. The first-order chi connectivity index (χ1) is 14.4. The first-order valence-corrected chi connectivity index (χ1v) is 11.7. The minimum absolute atomic E-state index is 0.0103. The van der Waals surface area contributed by atoms with E-state index in [0.29, 0.717) is 24.5 Å². The molecule has 0 aliphatic carbocycles. The van der Waals surface area contributed by atoms with Crippen molar-refractivity contribution in [1.82, 2.24) is 0 Å². The molecule has 0 unspecified atom stereocenters. The molecule has 0 amide bonds. The number of ether oxygens (including phenoxy) is 2. The van der Waals surface area contributed by atoms with Gasteiger partial charge in [-0.2, -0.15) is 0 Å². The topological polar surface area (TPSA) is 89.9 Å². The lowest BCUT2D eigenvalue weighted by atomic mass is 10.1. The van der Waals surface area contributed by atoms with Gasteiger partial charge in [-0.3, -0.25) is 0 Å². The molecule has 2 aromatic carbocycles. The molecule has 0 spiro atoms. The first-order valence-electron chi connectivity index (χ1n) is 10.0. The largest absolute Gasteiger partial charge is 0.494 e. The molecule has 0 saturated heterocycles. The minimum atomic E-state index is -3.52. The Kier molecular flexibility index (Phi) is 7.15. The van der Waals surface area contributed by atoms with Gasteiger partial charge in [-0.1, -0.05) is 19.1 Å². The van der Waals surface area contributed by atoms with Crippen LogP contribution in [0.1, 0.15) is 37.3 Å². The Bertz CT molecular complexity index is 1040. The highest BCUT2D eigenvalue weighted by Gasteiger charge is 2.24. The van der Waals surface area contributed by atoms with Crippen LogP contribution in [-0.2, 0) is 21.1 Å². The number of benzene rings is 2. The summed E-state index contributed by atoms with van der Waals surface area (Å²) in [5.41, 5.74) is 1.61. The molecule has 7 heteroatoms. The predicted octanol–water partition coefficient (Wildman–Crippen LogP) is 4.13. The van der Waals surface area contributed by atoms with E-state index in [0.717, 1.165) is 30.6 Å². The molecule has 0 bridgehead atoms. The summed E-state index contributed by atoms with van der Waals surface area (Å²) < 4.78 is 36.3. The van der Waals surface area contributed by atoms with Crippen molar-refractivity contribution < 1.29 is 27.8 Å². The van der Waals surface area contributed by atoms with Gasteiger partial charge in [0.1, 0.15) is 11.5 Å². The van der Waals surface area contributed by atoms with Crippen LogP contribution >= 0.6 is 0 Å². The molecule has 1 heterocycles. The predicted molar refractivity (Wildman–Crippen MR) is 115 cm³/mol. The monoisotopic (exact) mass is 430 g/mol. The number of aliphatic carboxylic acids is 1. The zero-order chi connectivity index (χ0) is 21.6. The molecule has 6 nitrogen and oxygen atoms in total. The van der Waals surface area contributed by atoms with E-state index in [-0.39, 0.29) is 22.6 Å². The van der Waals surface area contributed by atoms with Crippen molar-refractivity contribution >= 4 is 21.9 Å². The van der Waals surface area contributed by atoms with Gasteiger partial charge in [0, 0.05) is 5.57 Å². The second-order valence-electron chi connectivity index (χ2n) is 7.19. The van der Waals surface area contributed by atoms with Gasteiger partial charge >= 0.3 is 5.97 Å². The summed E-state index contributed by atoms with van der Waals surface area (Å²) in [6.07, 6.45) is 3.98. The fourth-order valence-corrected chi connectivity index (χ4v) is 4.73. The van der Waals surface area contributed by atoms with E-state index < -0.39 is 15.8 Å². The van der Waals surface area contributed by atoms with E-state index in [1.54, 1.807) is 12.1 Å². The number of aryl methyl sites for hydroxylation is 1. The lowest BCUT2D eigenvalue weighted by Crippen LogP contribution is -2.09. The zero-order valence-corrected chi connectivity index (χ0v) is 17.8. The summed E-state index contributed by atoms with van der Waals surface area (Å²) in [5, 5.41) is 9.27.